The molecule has 0 unspecified atom stereocenters. The van der Waals surface area contributed by atoms with Crippen LogP contribution in [0.4, 0.5) is 5.69 Å². The van der Waals surface area contributed by atoms with Crippen molar-refractivity contribution >= 4 is 104 Å². The molecule has 0 amide bonds. The second kappa shape index (κ2) is 11.9. The minimum absolute atomic E-state index is 0.119. The summed E-state index contributed by atoms with van der Waals surface area (Å²) in [6, 6.07) is 11.6. The molecule has 0 spiro atoms. The number of pyridine rings is 2. The fraction of sp³-hybridized carbons (Fsp3) is 0.333. The van der Waals surface area contributed by atoms with Gasteiger partial charge >= 0.3 is 0 Å². The number of fused-ring (bicyclic) bond motifs is 2. The third kappa shape index (κ3) is 6.79. The average molecular weight is 812 g/mol. The second-order valence-electron chi connectivity index (χ2n) is 9.63. The zero-order valence-electron chi connectivity index (χ0n) is 21.9. The Morgan fingerprint density at radius 1 is 0.744 bits per heavy atom. The quantitative estimate of drug-likeness (QED) is 0.212. The predicted molar refractivity (Wildman–Crippen MR) is 176 cm³/mol. The van der Waals surface area contributed by atoms with Crippen LogP contribution in [0.1, 0.15) is 30.7 Å². The summed E-state index contributed by atoms with van der Waals surface area (Å²) in [6.45, 7) is 5.26. The lowest BCUT2D eigenvalue weighted by Crippen LogP contribution is -2.31. The fourth-order valence-electron chi connectivity index (χ4n) is 4.92. The summed E-state index contributed by atoms with van der Waals surface area (Å²) in [4.78, 5) is 11.5. The smallest absolute Gasteiger partial charge is 0.179 e. The number of rotatable bonds is 3. The van der Waals surface area contributed by atoms with Gasteiger partial charge in [-0.25, -0.2) is 16.8 Å². The normalized spacial score (nSPS) is 14.4. The first kappa shape index (κ1) is 30.7. The van der Waals surface area contributed by atoms with Crippen molar-refractivity contribution in [3.05, 3.63) is 59.9 Å². The van der Waals surface area contributed by atoms with Gasteiger partial charge in [0.2, 0.25) is 0 Å². The Hall–Kier alpha value is -1.29. The number of hydrogen-bond acceptors (Lipinski definition) is 7. The molecule has 2 aromatic carbocycles. The maximum atomic E-state index is 12.4. The van der Waals surface area contributed by atoms with E-state index in [1.54, 1.807) is 13.8 Å². The van der Waals surface area contributed by atoms with Gasteiger partial charge in [0.1, 0.15) is 9.79 Å². The lowest BCUT2D eigenvalue weighted by molar-refractivity contribution is 0.572. The number of benzene rings is 2. The summed E-state index contributed by atoms with van der Waals surface area (Å²) in [7, 11) is -6.69. The maximum absolute atomic E-state index is 12.4. The van der Waals surface area contributed by atoms with Gasteiger partial charge in [-0.2, -0.15) is 0 Å². The monoisotopic (exact) mass is 811 g/mol. The summed E-state index contributed by atoms with van der Waals surface area (Å²) < 4.78 is 50.2. The molecule has 0 bridgehead atoms. The van der Waals surface area contributed by atoms with Crippen molar-refractivity contribution in [2.24, 2.45) is 0 Å². The highest BCUT2D eigenvalue weighted by molar-refractivity contribution is 14.1. The molecule has 1 aliphatic rings. The minimum atomic E-state index is -3.37. The Bertz CT molecular complexity index is 1810. The van der Waals surface area contributed by atoms with Crippen molar-refractivity contribution < 1.29 is 16.8 Å². The van der Waals surface area contributed by atoms with Gasteiger partial charge in [0, 0.05) is 43.5 Å². The van der Waals surface area contributed by atoms with Crippen LogP contribution in [0.2, 0.25) is 5.02 Å². The number of halogens is 3. The molecular formula is C27H28ClI2N3O4S2. The largest absolute Gasteiger partial charge is 0.370 e. The van der Waals surface area contributed by atoms with E-state index >= 15 is 0 Å². The number of aryl methyl sites for hydroxylation is 2. The van der Waals surface area contributed by atoms with Crippen LogP contribution in [0.3, 0.4) is 0 Å². The molecule has 1 fully saturated rings. The molecule has 208 valence electrons. The molecule has 2 aromatic heterocycles. The van der Waals surface area contributed by atoms with Gasteiger partial charge in [0.25, 0.3) is 0 Å². The van der Waals surface area contributed by atoms with Crippen LogP contribution >= 0.6 is 56.8 Å². The lowest BCUT2D eigenvalue weighted by Gasteiger charge is -2.31. The van der Waals surface area contributed by atoms with Crippen molar-refractivity contribution in [1.29, 1.82) is 0 Å². The molecule has 0 saturated carbocycles. The standard InChI is InChI=1S/C16H19IN2O2S.C11H9ClINO2S/c1-11-16(22(2,20)21)15(19-8-4-3-5-9-19)13-10-12(17)6-7-14(13)18-11;1-6-11(17(2,15)16)10(12)8-5-7(13)3-4-9(8)14-6/h6-7,10H,3-5,8-9H2,1-2H3;3-5H,1-2H3. The first-order valence-corrected chi connectivity index (χ1v) is 18.5. The summed E-state index contributed by atoms with van der Waals surface area (Å²) in [5, 5.41) is 1.87. The SMILES string of the molecule is Cc1nc2ccc(I)cc2c(Cl)c1S(C)(=O)=O.Cc1nc2ccc(I)cc2c(N2CCCCC2)c1S(C)(=O)=O. The number of anilines is 1. The van der Waals surface area contributed by atoms with E-state index < -0.39 is 19.7 Å². The van der Waals surface area contributed by atoms with Crippen LogP contribution < -0.4 is 4.90 Å². The summed E-state index contributed by atoms with van der Waals surface area (Å²) in [6.07, 6.45) is 5.85. The van der Waals surface area contributed by atoms with Gasteiger partial charge in [0.05, 0.1) is 33.1 Å². The van der Waals surface area contributed by atoms with Gasteiger partial charge in [0.15, 0.2) is 19.7 Å². The highest BCUT2D eigenvalue weighted by Gasteiger charge is 2.26. The third-order valence-electron chi connectivity index (χ3n) is 6.47. The molecule has 0 atom stereocenters. The first-order valence-electron chi connectivity index (χ1n) is 12.2. The van der Waals surface area contributed by atoms with E-state index in [1.807, 2.05) is 36.4 Å². The number of piperidine rings is 1. The number of hydrogen-bond donors (Lipinski definition) is 0. The molecule has 0 N–H and O–H groups in total. The van der Waals surface area contributed by atoms with Gasteiger partial charge in [-0.3, -0.25) is 9.97 Å². The van der Waals surface area contributed by atoms with Crippen LogP contribution in [0.5, 0.6) is 0 Å². The predicted octanol–water partition coefficient (Wildman–Crippen LogP) is 6.75. The van der Waals surface area contributed by atoms with Gasteiger partial charge in [-0.1, -0.05) is 11.6 Å². The van der Waals surface area contributed by atoms with E-state index in [4.69, 9.17) is 11.6 Å². The molecule has 3 heterocycles. The van der Waals surface area contributed by atoms with Gasteiger partial charge in [-0.05, 0) is 115 Å². The van der Waals surface area contributed by atoms with E-state index in [0.717, 1.165) is 55.9 Å². The van der Waals surface area contributed by atoms with Crippen molar-refractivity contribution in [2.75, 3.05) is 30.5 Å². The van der Waals surface area contributed by atoms with E-state index in [2.05, 4.69) is 60.0 Å². The zero-order valence-corrected chi connectivity index (χ0v) is 28.6. The minimum Gasteiger partial charge on any atom is -0.370 e. The van der Waals surface area contributed by atoms with Crippen LogP contribution in [-0.4, -0.2) is 52.4 Å². The second-order valence-corrected chi connectivity index (χ2v) is 16.4. The van der Waals surface area contributed by atoms with Crippen molar-refractivity contribution in [3.63, 3.8) is 0 Å². The topological polar surface area (TPSA) is 97.3 Å². The molecule has 12 heteroatoms. The van der Waals surface area contributed by atoms with Crippen molar-refractivity contribution in [2.45, 2.75) is 42.9 Å². The van der Waals surface area contributed by atoms with Crippen LogP contribution in [-0.2, 0) is 19.7 Å². The Morgan fingerprint density at radius 3 is 1.72 bits per heavy atom. The molecule has 4 aromatic rings. The van der Waals surface area contributed by atoms with Crippen LogP contribution in [0.25, 0.3) is 21.8 Å². The summed E-state index contributed by atoms with van der Waals surface area (Å²) >= 11 is 10.6. The van der Waals surface area contributed by atoms with Gasteiger partial charge < -0.3 is 4.90 Å². The molecule has 5 rings (SSSR count). The number of sulfone groups is 2. The highest BCUT2D eigenvalue weighted by atomic mass is 127. The summed E-state index contributed by atoms with van der Waals surface area (Å²) in [5.41, 5.74) is 3.46. The molecule has 1 aliphatic heterocycles. The summed E-state index contributed by atoms with van der Waals surface area (Å²) in [5.74, 6) is 0. The zero-order chi connectivity index (χ0) is 28.7. The molecule has 0 aliphatic carbocycles. The molecule has 7 nitrogen and oxygen atoms in total. The van der Waals surface area contributed by atoms with Gasteiger partial charge in [-0.15, -0.1) is 0 Å². The van der Waals surface area contributed by atoms with E-state index in [1.165, 1.54) is 12.7 Å². The Balaban J connectivity index is 0.000000187. The van der Waals surface area contributed by atoms with Crippen molar-refractivity contribution in [1.82, 2.24) is 9.97 Å². The Labute approximate surface area is 261 Å². The van der Waals surface area contributed by atoms with E-state index in [-0.39, 0.29) is 9.92 Å². The van der Waals surface area contributed by atoms with E-state index in [9.17, 15) is 16.8 Å². The lowest BCUT2D eigenvalue weighted by atomic mass is 10.1. The maximum Gasteiger partial charge on any atom is 0.179 e. The number of aromatic nitrogens is 2. The Morgan fingerprint density at radius 2 is 1.21 bits per heavy atom. The molecular weight excluding hydrogens is 784 g/mol. The first-order chi connectivity index (χ1) is 18.2. The fourth-order valence-corrected chi connectivity index (χ4v) is 8.80. The third-order valence-corrected chi connectivity index (χ3v) is 10.8. The van der Waals surface area contributed by atoms with Crippen molar-refractivity contribution in [3.8, 4) is 0 Å². The van der Waals surface area contributed by atoms with Crippen LogP contribution in [0, 0.1) is 21.0 Å². The average Bonchev–Trinajstić information content (AvgIpc) is 2.83. The molecule has 1 saturated heterocycles. The Kier molecular flexibility index (Phi) is 9.36. The molecule has 0 radical (unpaired) electrons. The van der Waals surface area contributed by atoms with Crippen LogP contribution in [0.15, 0.2) is 46.2 Å². The number of nitrogens with zero attached hydrogens (tertiary/aromatic N) is 3. The molecule has 39 heavy (non-hydrogen) atoms. The van der Waals surface area contributed by atoms with E-state index in [0.29, 0.717) is 27.2 Å². The highest BCUT2D eigenvalue weighted by Crippen LogP contribution is 2.37.